The van der Waals surface area contributed by atoms with E-state index in [-0.39, 0.29) is 0 Å². The fourth-order valence-corrected chi connectivity index (χ4v) is 2.56. The Hall–Kier alpha value is -0.590. The summed E-state index contributed by atoms with van der Waals surface area (Å²) < 4.78 is 0. The van der Waals surface area contributed by atoms with Crippen LogP contribution in [0.3, 0.4) is 0 Å². The van der Waals surface area contributed by atoms with Crippen LogP contribution in [-0.4, -0.2) is 35.2 Å². The molecule has 0 saturated carbocycles. The van der Waals surface area contributed by atoms with Crippen LogP contribution in [0.4, 0.5) is 0 Å². The quantitative estimate of drug-likeness (QED) is 0.799. The summed E-state index contributed by atoms with van der Waals surface area (Å²) in [6, 6.07) is 2.33. The van der Waals surface area contributed by atoms with Crippen molar-refractivity contribution in [3.05, 3.63) is 0 Å². The van der Waals surface area contributed by atoms with Gasteiger partial charge in [0.05, 0.1) is 17.1 Å². The molecule has 0 aromatic heterocycles. The van der Waals surface area contributed by atoms with Crippen molar-refractivity contribution in [2.24, 2.45) is 5.41 Å². The Morgan fingerprint density at radius 3 is 2.56 bits per heavy atom. The molecule has 0 bridgehead atoms. The zero-order chi connectivity index (χ0) is 12.2. The Labute approximate surface area is 99.1 Å². The molecule has 16 heavy (non-hydrogen) atoms. The van der Waals surface area contributed by atoms with Crippen LogP contribution in [0, 0.1) is 16.7 Å². The molecule has 2 atom stereocenters. The largest absolute Gasteiger partial charge is 0.388 e. The summed E-state index contributed by atoms with van der Waals surface area (Å²) in [6.45, 7) is 9.02. The summed E-state index contributed by atoms with van der Waals surface area (Å²) in [5, 5.41) is 20.0. The van der Waals surface area contributed by atoms with Gasteiger partial charge in [-0.1, -0.05) is 13.8 Å². The van der Waals surface area contributed by atoms with Crippen molar-refractivity contribution < 1.29 is 5.11 Å². The predicted molar refractivity (Wildman–Crippen MR) is 64.9 cm³/mol. The summed E-state index contributed by atoms with van der Waals surface area (Å²) in [6.07, 6.45) is 3.17. The van der Waals surface area contributed by atoms with E-state index in [1.165, 1.54) is 0 Å². The second-order valence-electron chi connectivity index (χ2n) is 5.12. The van der Waals surface area contributed by atoms with Crippen molar-refractivity contribution in [1.29, 1.82) is 5.26 Å². The van der Waals surface area contributed by atoms with E-state index in [9.17, 15) is 10.4 Å². The zero-order valence-corrected chi connectivity index (χ0v) is 10.8. The van der Waals surface area contributed by atoms with Crippen LogP contribution in [0.2, 0.25) is 0 Å². The molecule has 3 nitrogen and oxygen atoms in total. The van der Waals surface area contributed by atoms with Gasteiger partial charge in [-0.3, -0.25) is 0 Å². The van der Waals surface area contributed by atoms with Crippen molar-refractivity contribution in [3.8, 4) is 6.07 Å². The zero-order valence-electron chi connectivity index (χ0n) is 10.8. The van der Waals surface area contributed by atoms with E-state index < -0.39 is 11.0 Å². The van der Waals surface area contributed by atoms with Gasteiger partial charge in [0.1, 0.15) is 0 Å². The van der Waals surface area contributed by atoms with Crippen molar-refractivity contribution in [3.63, 3.8) is 0 Å². The molecule has 0 radical (unpaired) electrons. The Morgan fingerprint density at radius 2 is 2.06 bits per heavy atom. The summed E-state index contributed by atoms with van der Waals surface area (Å²) >= 11 is 0. The lowest BCUT2D eigenvalue weighted by Gasteiger charge is -2.39. The van der Waals surface area contributed by atoms with Gasteiger partial charge in [-0.05, 0) is 45.7 Å². The van der Waals surface area contributed by atoms with Gasteiger partial charge in [0.25, 0.3) is 0 Å². The lowest BCUT2D eigenvalue weighted by molar-refractivity contribution is -0.0601. The maximum Gasteiger partial charge on any atom is 0.0843 e. The molecule has 3 heteroatoms. The van der Waals surface area contributed by atoms with Crippen LogP contribution >= 0.6 is 0 Å². The van der Waals surface area contributed by atoms with Gasteiger partial charge >= 0.3 is 0 Å². The van der Waals surface area contributed by atoms with E-state index in [2.05, 4.69) is 17.9 Å². The highest BCUT2D eigenvalue weighted by Gasteiger charge is 2.46. The van der Waals surface area contributed by atoms with Gasteiger partial charge in [-0.15, -0.1) is 0 Å². The van der Waals surface area contributed by atoms with E-state index in [0.29, 0.717) is 6.42 Å². The average molecular weight is 224 g/mol. The topological polar surface area (TPSA) is 47.3 Å². The number of nitrogens with zero attached hydrogens (tertiary/aromatic N) is 2. The van der Waals surface area contributed by atoms with Gasteiger partial charge in [0.2, 0.25) is 0 Å². The molecular weight excluding hydrogens is 200 g/mol. The molecule has 1 N–H and O–H groups in total. The van der Waals surface area contributed by atoms with E-state index in [0.717, 1.165) is 38.9 Å². The third-order valence-corrected chi connectivity index (χ3v) is 4.33. The van der Waals surface area contributed by atoms with Crippen molar-refractivity contribution in [2.45, 2.75) is 52.1 Å². The minimum Gasteiger partial charge on any atom is -0.388 e. The maximum atomic E-state index is 10.7. The van der Waals surface area contributed by atoms with Crippen molar-refractivity contribution >= 4 is 0 Å². The minimum atomic E-state index is -0.805. The number of hydrogen-bond donors (Lipinski definition) is 1. The van der Waals surface area contributed by atoms with Gasteiger partial charge in [-0.2, -0.15) is 5.26 Å². The molecule has 92 valence electrons. The first kappa shape index (κ1) is 13.5. The Kier molecular flexibility index (Phi) is 4.35. The van der Waals surface area contributed by atoms with Gasteiger partial charge in [0, 0.05) is 6.54 Å². The number of likely N-dealkylation sites (tertiary alicyclic amines) is 1. The molecule has 1 rings (SSSR count). The molecule has 1 heterocycles. The van der Waals surface area contributed by atoms with E-state index >= 15 is 0 Å². The average Bonchev–Trinajstić information content (AvgIpc) is 2.51. The lowest BCUT2D eigenvalue weighted by Crippen LogP contribution is -2.46. The van der Waals surface area contributed by atoms with Crippen LogP contribution in [-0.2, 0) is 0 Å². The lowest BCUT2D eigenvalue weighted by atomic mass is 9.69. The molecule has 0 amide bonds. The minimum absolute atomic E-state index is 0.600. The first-order valence-corrected chi connectivity index (χ1v) is 6.37. The molecule has 1 aliphatic heterocycles. The standard InChI is InChI=1S/C13H24N2O/c1-4-12(3,11-14)13(16)7-6-9-15(5-2)10-8-13/h16H,4-10H2,1-3H3. The fourth-order valence-electron chi connectivity index (χ4n) is 2.56. The fraction of sp³-hybridized carbons (Fsp3) is 0.923. The molecule has 0 aliphatic carbocycles. The molecule has 0 spiro atoms. The number of hydrogen-bond acceptors (Lipinski definition) is 3. The third-order valence-electron chi connectivity index (χ3n) is 4.33. The number of aliphatic hydroxyl groups is 1. The van der Waals surface area contributed by atoms with Crippen LogP contribution in [0.25, 0.3) is 0 Å². The first-order valence-electron chi connectivity index (χ1n) is 6.37. The van der Waals surface area contributed by atoms with E-state index in [4.69, 9.17) is 0 Å². The second kappa shape index (κ2) is 5.16. The highest BCUT2D eigenvalue weighted by molar-refractivity contribution is 5.09. The molecule has 1 saturated heterocycles. The van der Waals surface area contributed by atoms with E-state index in [1.54, 1.807) is 0 Å². The molecule has 0 aromatic rings. The van der Waals surface area contributed by atoms with Crippen LogP contribution in [0.1, 0.15) is 46.5 Å². The Balaban J connectivity index is 2.81. The van der Waals surface area contributed by atoms with Crippen molar-refractivity contribution in [1.82, 2.24) is 4.90 Å². The maximum absolute atomic E-state index is 10.7. The second-order valence-corrected chi connectivity index (χ2v) is 5.12. The Bertz CT molecular complexity index is 274. The monoisotopic (exact) mass is 224 g/mol. The summed E-state index contributed by atoms with van der Waals surface area (Å²) in [4.78, 5) is 2.35. The van der Waals surface area contributed by atoms with Gasteiger partial charge < -0.3 is 10.0 Å². The third kappa shape index (κ3) is 2.39. The SMILES string of the molecule is CCN1CCCC(O)(C(C)(C#N)CC)CC1. The number of rotatable bonds is 3. The van der Waals surface area contributed by atoms with Crippen LogP contribution in [0.15, 0.2) is 0 Å². The Morgan fingerprint density at radius 1 is 1.38 bits per heavy atom. The normalized spacial score (nSPS) is 31.4. The summed E-state index contributed by atoms with van der Waals surface area (Å²) in [5.74, 6) is 0. The molecule has 1 fully saturated rings. The summed E-state index contributed by atoms with van der Waals surface area (Å²) in [5.41, 5.74) is -1.41. The number of nitriles is 1. The highest BCUT2D eigenvalue weighted by atomic mass is 16.3. The van der Waals surface area contributed by atoms with Gasteiger partial charge in [0.15, 0.2) is 0 Å². The summed E-state index contributed by atoms with van der Waals surface area (Å²) in [7, 11) is 0. The van der Waals surface area contributed by atoms with E-state index in [1.807, 2.05) is 13.8 Å². The smallest absolute Gasteiger partial charge is 0.0843 e. The van der Waals surface area contributed by atoms with Gasteiger partial charge in [-0.25, -0.2) is 0 Å². The van der Waals surface area contributed by atoms with Crippen molar-refractivity contribution in [2.75, 3.05) is 19.6 Å². The highest BCUT2D eigenvalue weighted by Crippen LogP contribution is 2.41. The van der Waals surface area contributed by atoms with Crippen LogP contribution in [0.5, 0.6) is 0 Å². The first-order chi connectivity index (χ1) is 7.51. The molecular formula is C13H24N2O. The molecule has 2 unspecified atom stereocenters. The van der Waals surface area contributed by atoms with Crippen LogP contribution < -0.4 is 0 Å². The molecule has 1 aliphatic rings. The predicted octanol–water partition coefficient (Wildman–Crippen LogP) is 2.16. The molecule has 0 aromatic carbocycles.